The molecule has 0 fully saturated rings. The first-order chi connectivity index (χ1) is 17.3. The fourth-order valence-electron chi connectivity index (χ4n) is 3.40. The smallest absolute Gasteiger partial charge is 0.276 e. The van der Waals surface area contributed by atoms with Gasteiger partial charge in [0.15, 0.2) is 12.4 Å². The molecule has 9 nitrogen and oxygen atoms in total. The fraction of sp³-hybridized carbons (Fsp3) is 0.185. The molecule has 1 N–H and O–H groups in total. The number of nitro groups is 1. The normalized spacial score (nSPS) is 10.8. The van der Waals surface area contributed by atoms with E-state index in [1.807, 2.05) is 43.3 Å². The first-order valence-corrected chi connectivity index (χ1v) is 11.4. The van der Waals surface area contributed by atoms with Crippen molar-refractivity contribution in [2.24, 2.45) is 0 Å². The molecule has 0 bridgehead atoms. The molecule has 0 aliphatic carbocycles. The third-order valence-corrected chi connectivity index (χ3v) is 5.40. The second-order valence-electron chi connectivity index (χ2n) is 8.58. The van der Waals surface area contributed by atoms with Crippen LogP contribution in [0.25, 0.3) is 0 Å². The van der Waals surface area contributed by atoms with Crippen LogP contribution < -0.4 is 14.8 Å². The molecule has 1 aromatic heterocycles. The van der Waals surface area contributed by atoms with Crippen LogP contribution in [-0.2, 0) is 6.73 Å². The molecule has 0 saturated heterocycles. The summed E-state index contributed by atoms with van der Waals surface area (Å²) in [4.78, 5) is 23.6. The van der Waals surface area contributed by atoms with Crippen LogP contribution in [0.5, 0.6) is 17.2 Å². The first kappa shape index (κ1) is 24.5. The number of non-ortho nitro benzene ring substituents is 1. The third kappa shape index (κ3) is 6.26. The number of amides is 1. The van der Waals surface area contributed by atoms with E-state index in [-0.39, 0.29) is 29.5 Å². The van der Waals surface area contributed by atoms with E-state index in [2.05, 4.69) is 24.3 Å². The molecule has 1 amide bonds. The molecule has 1 heterocycles. The average molecular weight is 487 g/mol. The quantitative estimate of drug-likeness (QED) is 0.220. The zero-order valence-electron chi connectivity index (χ0n) is 20.2. The van der Waals surface area contributed by atoms with E-state index in [1.54, 1.807) is 24.4 Å². The lowest BCUT2D eigenvalue weighted by Gasteiger charge is -2.09. The number of benzene rings is 3. The first-order valence-electron chi connectivity index (χ1n) is 11.4. The summed E-state index contributed by atoms with van der Waals surface area (Å²) in [6.45, 7) is 6.32. The number of nitrogens with zero attached hydrogens (tertiary/aromatic N) is 3. The molecule has 0 unspecified atom stereocenters. The van der Waals surface area contributed by atoms with Gasteiger partial charge in [0.2, 0.25) is 0 Å². The Hall–Kier alpha value is -4.66. The van der Waals surface area contributed by atoms with Crippen LogP contribution in [0.3, 0.4) is 0 Å². The maximum absolute atomic E-state index is 12.8. The minimum absolute atomic E-state index is 0.125. The predicted octanol–water partition coefficient (Wildman–Crippen LogP) is 6.30. The molecule has 4 aromatic rings. The molecule has 184 valence electrons. The van der Waals surface area contributed by atoms with Crippen LogP contribution >= 0.6 is 0 Å². The number of anilines is 1. The van der Waals surface area contributed by atoms with Gasteiger partial charge in [-0.15, -0.1) is 0 Å². The van der Waals surface area contributed by atoms with Crippen LogP contribution in [0.4, 0.5) is 11.4 Å². The number of hydrogen-bond acceptors (Lipinski definition) is 6. The highest BCUT2D eigenvalue weighted by Crippen LogP contribution is 2.30. The number of nitrogens with one attached hydrogen (secondary N) is 1. The van der Waals surface area contributed by atoms with Gasteiger partial charge in [0, 0.05) is 18.3 Å². The second kappa shape index (κ2) is 10.7. The third-order valence-electron chi connectivity index (χ3n) is 5.40. The summed E-state index contributed by atoms with van der Waals surface area (Å²) < 4.78 is 13.0. The average Bonchev–Trinajstić information content (AvgIpc) is 3.33. The summed E-state index contributed by atoms with van der Waals surface area (Å²) >= 11 is 0. The summed E-state index contributed by atoms with van der Waals surface area (Å²) in [5.41, 5.74) is 2.42. The van der Waals surface area contributed by atoms with Crippen molar-refractivity contribution < 1.29 is 19.2 Å². The van der Waals surface area contributed by atoms with E-state index < -0.39 is 10.8 Å². The van der Waals surface area contributed by atoms with Crippen LogP contribution in [0.2, 0.25) is 0 Å². The maximum atomic E-state index is 12.8. The molecule has 4 rings (SSSR count). The Balaban J connectivity index is 1.42. The van der Waals surface area contributed by atoms with Crippen LogP contribution in [0.1, 0.15) is 41.4 Å². The molecule has 0 saturated carbocycles. The standard InChI is InChI=1S/C27H26N4O5/c1-18(2)20-6-10-23(11-7-20)35-17-30-13-12-26(29-30)27(32)28-21-14-22(31(33)34)16-25(15-21)36-24-8-4-19(3)5-9-24/h4-16,18H,17H2,1-3H3,(H,28,32). The fourth-order valence-corrected chi connectivity index (χ4v) is 3.40. The van der Waals surface area contributed by atoms with Crippen molar-refractivity contribution in [3.8, 4) is 17.2 Å². The Labute approximate surface area is 208 Å². The SMILES string of the molecule is Cc1ccc(Oc2cc(NC(=O)c3ccn(COc4ccc(C(C)C)cc4)n3)cc([N+](=O)[O-])c2)cc1. The van der Waals surface area contributed by atoms with E-state index in [1.165, 1.54) is 28.4 Å². The molecule has 3 aromatic carbocycles. The van der Waals surface area contributed by atoms with Crippen LogP contribution in [-0.4, -0.2) is 20.6 Å². The van der Waals surface area contributed by atoms with Gasteiger partial charge >= 0.3 is 0 Å². The van der Waals surface area contributed by atoms with Gasteiger partial charge in [-0.05, 0) is 48.7 Å². The van der Waals surface area contributed by atoms with Gasteiger partial charge in [-0.3, -0.25) is 14.9 Å². The topological polar surface area (TPSA) is 109 Å². The van der Waals surface area contributed by atoms with Crippen molar-refractivity contribution in [1.82, 2.24) is 9.78 Å². The van der Waals surface area contributed by atoms with Crippen molar-refractivity contribution in [2.75, 3.05) is 5.32 Å². The lowest BCUT2D eigenvalue weighted by Crippen LogP contribution is -2.14. The Morgan fingerprint density at radius 2 is 1.69 bits per heavy atom. The lowest BCUT2D eigenvalue weighted by molar-refractivity contribution is -0.384. The highest BCUT2D eigenvalue weighted by Gasteiger charge is 2.16. The molecular formula is C27H26N4O5. The number of carbonyl (C=O) groups is 1. The predicted molar refractivity (Wildman–Crippen MR) is 136 cm³/mol. The molecular weight excluding hydrogens is 460 g/mol. The van der Waals surface area contributed by atoms with Gasteiger partial charge in [0.25, 0.3) is 11.6 Å². The number of hydrogen-bond donors (Lipinski definition) is 1. The number of aromatic nitrogens is 2. The minimum atomic E-state index is -0.544. The summed E-state index contributed by atoms with van der Waals surface area (Å²) in [5, 5.41) is 18.3. The Bertz CT molecular complexity index is 1360. The molecule has 0 atom stereocenters. The number of aryl methyl sites for hydroxylation is 1. The zero-order chi connectivity index (χ0) is 25.7. The van der Waals surface area contributed by atoms with Crippen LogP contribution in [0, 0.1) is 17.0 Å². The van der Waals surface area contributed by atoms with E-state index in [0.29, 0.717) is 17.4 Å². The van der Waals surface area contributed by atoms with Gasteiger partial charge < -0.3 is 14.8 Å². The van der Waals surface area contributed by atoms with Crippen molar-refractivity contribution >= 4 is 17.3 Å². The highest BCUT2D eigenvalue weighted by molar-refractivity contribution is 6.03. The Morgan fingerprint density at radius 3 is 2.36 bits per heavy atom. The number of nitro benzene ring substituents is 1. The summed E-state index contributed by atoms with van der Waals surface area (Å²) in [7, 11) is 0. The minimum Gasteiger partial charge on any atom is -0.471 e. The highest BCUT2D eigenvalue weighted by atomic mass is 16.6. The molecule has 36 heavy (non-hydrogen) atoms. The summed E-state index contributed by atoms with van der Waals surface area (Å²) in [6, 6.07) is 20.7. The molecule has 0 aliphatic heterocycles. The largest absolute Gasteiger partial charge is 0.471 e. The van der Waals surface area contributed by atoms with E-state index in [4.69, 9.17) is 9.47 Å². The molecule has 9 heteroatoms. The van der Waals surface area contributed by atoms with Gasteiger partial charge in [0.05, 0.1) is 16.7 Å². The molecule has 0 aliphatic rings. The van der Waals surface area contributed by atoms with Gasteiger partial charge in [0.1, 0.15) is 17.2 Å². The van der Waals surface area contributed by atoms with Crippen molar-refractivity contribution in [3.05, 3.63) is 106 Å². The van der Waals surface area contributed by atoms with Crippen molar-refractivity contribution in [3.63, 3.8) is 0 Å². The zero-order valence-corrected chi connectivity index (χ0v) is 20.2. The van der Waals surface area contributed by atoms with E-state index in [0.717, 1.165) is 5.56 Å². The number of rotatable bonds is 9. The number of ether oxygens (including phenoxy) is 2. The van der Waals surface area contributed by atoms with Gasteiger partial charge in [-0.1, -0.05) is 43.7 Å². The lowest BCUT2D eigenvalue weighted by atomic mass is 10.0. The number of carbonyl (C=O) groups excluding carboxylic acids is 1. The van der Waals surface area contributed by atoms with E-state index in [9.17, 15) is 14.9 Å². The summed E-state index contributed by atoms with van der Waals surface area (Å²) in [5.74, 6) is 1.36. The van der Waals surface area contributed by atoms with E-state index >= 15 is 0 Å². The Morgan fingerprint density at radius 1 is 1.00 bits per heavy atom. The van der Waals surface area contributed by atoms with Crippen molar-refractivity contribution in [2.45, 2.75) is 33.4 Å². The van der Waals surface area contributed by atoms with Gasteiger partial charge in [-0.2, -0.15) is 5.10 Å². The Kier molecular flexibility index (Phi) is 7.29. The van der Waals surface area contributed by atoms with Crippen molar-refractivity contribution in [1.29, 1.82) is 0 Å². The van der Waals surface area contributed by atoms with Gasteiger partial charge in [-0.25, -0.2) is 4.68 Å². The summed E-state index contributed by atoms with van der Waals surface area (Å²) in [6.07, 6.45) is 1.62. The monoisotopic (exact) mass is 486 g/mol. The second-order valence-corrected chi connectivity index (χ2v) is 8.58. The molecule has 0 spiro atoms. The maximum Gasteiger partial charge on any atom is 0.276 e. The van der Waals surface area contributed by atoms with Crippen LogP contribution in [0.15, 0.2) is 79.0 Å². The molecule has 0 radical (unpaired) electrons.